The zero-order valence-corrected chi connectivity index (χ0v) is 19.2. The summed E-state index contributed by atoms with van der Waals surface area (Å²) < 4.78 is 0. The summed E-state index contributed by atoms with van der Waals surface area (Å²) in [5.74, 6) is 0.532. The Labute approximate surface area is 197 Å². The normalized spacial score (nSPS) is 19.2. The molecule has 1 amide bonds. The van der Waals surface area contributed by atoms with E-state index in [4.69, 9.17) is 23.2 Å². The number of pyridine rings is 1. The van der Waals surface area contributed by atoms with E-state index in [1.165, 1.54) is 12.8 Å². The van der Waals surface area contributed by atoms with E-state index < -0.39 is 0 Å². The van der Waals surface area contributed by atoms with Crippen molar-refractivity contribution in [3.63, 3.8) is 0 Å². The fourth-order valence-corrected chi connectivity index (χ4v) is 5.04. The Morgan fingerprint density at radius 3 is 2.53 bits per heavy atom. The first-order chi connectivity index (χ1) is 15.5. The molecule has 0 bridgehead atoms. The number of amides is 1. The molecule has 1 aromatic carbocycles. The second-order valence-corrected chi connectivity index (χ2v) is 9.75. The van der Waals surface area contributed by atoms with Gasteiger partial charge in [-0.25, -0.2) is 9.97 Å². The molecule has 3 aromatic rings. The zero-order valence-electron chi connectivity index (χ0n) is 17.7. The first-order valence-electron chi connectivity index (χ1n) is 11.0. The predicted molar refractivity (Wildman–Crippen MR) is 126 cm³/mol. The van der Waals surface area contributed by atoms with Crippen LogP contribution in [0.3, 0.4) is 0 Å². The molecule has 0 N–H and O–H groups in total. The molecule has 1 spiro atoms. The summed E-state index contributed by atoms with van der Waals surface area (Å²) in [6.45, 7) is 0.763. The van der Waals surface area contributed by atoms with Gasteiger partial charge in [0.1, 0.15) is 0 Å². The van der Waals surface area contributed by atoms with Crippen LogP contribution in [0.4, 0.5) is 0 Å². The van der Waals surface area contributed by atoms with E-state index in [2.05, 4.69) is 15.0 Å². The molecule has 2 aliphatic rings. The lowest BCUT2D eigenvalue weighted by Crippen LogP contribution is -2.47. The molecule has 2 fully saturated rings. The van der Waals surface area contributed by atoms with Crippen LogP contribution in [-0.4, -0.2) is 38.3 Å². The molecular formula is C25H24Cl2N4O. The van der Waals surface area contributed by atoms with E-state index >= 15 is 0 Å². The largest absolute Gasteiger partial charge is 0.336 e. The van der Waals surface area contributed by atoms with Crippen LogP contribution in [-0.2, 0) is 6.42 Å². The Kier molecular flexibility index (Phi) is 5.87. The first-order valence-corrected chi connectivity index (χ1v) is 11.8. The van der Waals surface area contributed by atoms with Gasteiger partial charge in [0.15, 0.2) is 5.82 Å². The second kappa shape index (κ2) is 8.80. The molecule has 1 saturated heterocycles. The van der Waals surface area contributed by atoms with Crippen LogP contribution >= 0.6 is 23.2 Å². The molecule has 5 rings (SSSR count). The van der Waals surface area contributed by atoms with Crippen LogP contribution in [0.15, 0.2) is 55.0 Å². The third kappa shape index (κ3) is 4.50. The van der Waals surface area contributed by atoms with Gasteiger partial charge in [-0.3, -0.25) is 9.78 Å². The fraction of sp³-hybridized carbons (Fsp3) is 0.360. The molecule has 1 aliphatic heterocycles. The molecule has 164 valence electrons. The van der Waals surface area contributed by atoms with Gasteiger partial charge in [-0.2, -0.15) is 0 Å². The van der Waals surface area contributed by atoms with E-state index in [0.717, 1.165) is 37.9 Å². The molecule has 1 aliphatic carbocycles. The number of aromatic nitrogens is 3. The molecule has 1 saturated carbocycles. The molecule has 0 radical (unpaired) electrons. The Morgan fingerprint density at radius 2 is 1.81 bits per heavy atom. The van der Waals surface area contributed by atoms with Crippen LogP contribution in [0.2, 0.25) is 10.0 Å². The number of halogens is 2. The van der Waals surface area contributed by atoms with Crippen LogP contribution in [0.25, 0.3) is 11.4 Å². The molecular weight excluding hydrogens is 443 g/mol. The first kappa shape index (κ1) is 21.4. The maximum absolute atomic E-state index is 13.8. The van der Waals surface area contributed by atoms with Gasteiger partial charge in [0.25, 0.3) is 5.91 Å². The Bertz CT molecular complexity index is 1120. The molecule has 5 nitrogen and oxygen atoms in total. The lowest BCUT2D eigenvalue weighted by Gasteiger charge is -2.40. The van der Waals surface area contributed by atoms with Crippen molar-refractivity contribution in [3.05, 3.63) is 76.3 Å². The van der Waals surface area contributed by atoms with Gasteiger partial charge in [-0.05, 0) is 80.3 Å². The molecule has 7 heteroatoms. The van der Waals surface area contributed by atoms with Gasteiger partial charge in [0.05, 0.1) is 10.6 Å². The summed E-state index contributed by atoms with van der Waals surface area (Å²) in [5.41, 5.74) is 2.70. The minimum atomic E-state index is -0.000446. The van der Waals surface area contributed by atoms with E-state index in [0.29, 0.717) is 32.4 Å². The lowest BCUT2D eigenvalue weighted by molar-refractivity contribution is 0.0509. The average Bonchev–Trinajstić information content (AvgIpc) is 3.57. The van der Waals surface area contributed by atoms with Crippen LogP contribution in [0.1, 0.15) is 48.2 Å². The predicted octanol–water partition coefficient (Wildman–Crippen LogP) is 5.86. The number of likely N-dealkylation sites (tertiary alicyclic amines) is 1. The highest BCUT2D eigenvalue weighted by Gasteiger charge is 2.49. The quantitative estimate of drug-likeness (QED) is 0.472. The summed E-state index contributed by atoms with van der Waals surface area (Å²) in [7, 11) is 0. The molecule has 1 atom stereocenters. The number of hydrogen-bond acceptors (Lipinski definition) is 4. The monoisotopic (exact) mass is 466 g/mol. The van der Waals surface area contributed by atoms with Gasteiger partial charge in [0.2, 0.25) is 0 Å². The summed E-state index contributed by atoms with van der Waals surface area (Å²) in [6, 6.07) is 11.1. The van der Waals surface area contributed by atoms with Crippen molar-refractivity contribution >= 4 is 29.1 Å². The molecule has 2 aromatic heterocycles. The molecule has 32 heavy (non-hydrogen) atoms. The van der Waals surface area contributed by atoms with Gasteiger partial charge >= 0.3 is 0 Å². The SMILES string of the molecule is O=C(c1cc(Cl)ccc1-c1ncccn1)N1CCC2(CC2)C[C@H]1CCc1ccc(Cl)cn1. The topological polar surface area (TPSA) is 59.0 Å². The zero-order chi connectivity index (χ0) is 22.1. The number of carbonyl (C=O) groups excluding carboxylic acids is 1. The highest BCUT2D eigenvalue weighted by Crippen LogP contribution is 2.55. The maximum atomic E-state index is 13.8. The third-order valence-electron chi connectivity index (χ3n) is 6.75. The van der Waals surface area contributed by atoms with Crippen molar-refractivity contribution in [3.8, 4) is 11.4 Å². The Morgan fingerprint density at radius 1 is 1.03 bits per heavy atom. The van der Waals surface area contributed by atoms with Crippen molar-refractivity contribution < 1.29 is 4.79 Å². The van der Waals surface area contributed by atoms with Crippen LogP contribution in [0, 0.1) is 5.41 Å². The number of aryl methyl sites for hydroxylation is 1. The standard InChI is InChI=1S/C25H24Cl2N4O/c26-17-3-7-21(23-28-11-1-12-29-23)22(14-17)24(32)31-13-10-25(8-9-25)15-20(31)6-5-19-4-2-18(27)16-30-19/h1-4,7,11-12,14,16,20H,5-6,8-10,13,15H2/t20-/m1/s1. The average molecular weight is 467 g/mol. The number of piperidine rings is 1. The Hall–Kier alpha value is -2.50. The fourth-order valence-electron chi connectivity index (χ4n) is 4.76. The lowest BCUT2D eigenvalue weighted by atomic mass is 9.85. The smallest absolute Gasteiger partial charge is 0.254 e. The minimum absolute atomic E-state index is 0.000446. The number of nitrogens with zero attached hydrogens (tertiary/aromatic N) is 4. The van der Waals surface area contributed by atoms with E-state index in [1.54, 1.807) is 36.8 Å². The summed E-state index contributed by atoms with van der Waals surface area (Å²) in [4.78, 5) is 29.0. The van der Waals surface area contributed by atoms with E-state index in [9.17, 15) is 4.79 Å². The summed E-state index contributed by atoms with van der Waals surface area (Å²) in [5, 5.41) is 1.17. The highest BCUT2D eigenvalue weighted by atomic mass is 35.5. The number of hydrogen-bond donors (Lipinski definition) is 0. The number of benzene rings is 1. The van der Waals surface area contributed by atoms with Gasteiger partial charge in [-0.1, -0.05) is 23.2 Å². The van der Waals surface area contributed by atoms with Gasteiger partial charge in [0, 0.05) is 47.5 Å². The van der Waals surface area contributed by atoms with Crippen molar-refractivity contribution in [1.29, 1.82) is 0 Å². The molecule has 3 heterocycles. The van der Waals surface area contributed by atoms with E-state index in [1.807, 2.05) is 23.1 Å². The maximum Gasteiger partial charge on any atom is 0.254 e. The van der Waals surface area contributed by atoms with Gasteiger partial charge < -0.3 is 4.90 Å². The summed E-state index contributed by atoms with van der Waals surface area (Å²) >= 11 is 12.3. The Balaban J connectivity index is 1.42. The van der Waals surface area contributed by atoms with Crippen molar-refractivity contribution in [2.45, 2.75) is 44.6 Å². The second-order valence-electron chi connectivity index (χ2n) is 8.88. The highest BCUT2D eigenvalue weighted by molar-refractivity contribution is 6.31. The van der Waals surface area contributed by atoms with Crippen molar-refractivity contribution in [1.82, 2.24) is 19.9 Å². The number of rotatable bonds is 5. The van der Waals surface area contributed by atoms with Crippen LogP contribution in [0.5, 0.6) is 0 Å². The van der Waals surface area contributed by atoms with Crippen molar-refractivity contribution in [2.75, 3.05) is 6.54 Å². The summed E-state index contributed by atoms with van der Waals surface area (Å²) in [6.07, 6.45) is 11.4. The minimum Gasteiger partial charge on any atom is -0.336 e. The van der Waals surface area contributed by atoms with Crippen LogP contribution < -0.4 is 0 Å². The van der Waals surface area contributed by atoms with E-state index in [-0.39, 0.29) is 11.9 Å². The third-order valence-corrected chi connectivity index (χ3v) is 7.21. The van der Waals surface area contributed by atoms with Gasteiger partial charge in [-0.15, -0.1) is 0 Å². The number of carbonyl (C=O) groups is 1. The molecule has 0 unspecified atom stereocenters. The van der Waals surface area contributed by atoms with Crippen molar-refractivity contribution in [2.24, 2.45) is 5.41 Å².